The minimum absolute atomic E-state index is 0.0355. The first kappa shape index (κ1) is 24.8. The number of nitrogens with zero attached hydrogens (tertiary/aromatic N) is 5. The standard InChI is InChI=1S/C30H30N6O3/c37-28-15-22(18-34(28)17-21-7-3-1-4-8-21)19-35-20-24(32-33-35)16-31-30(39)25-13-14-36-26(25)11-12-27(36)29(38)23-9-5-2-6-10-23/h1-12,20,22,25H,13-19H2,(H,31,39). The summed E-state index contributed by atoms with van der Waals surface area (Å²) in [6.45, 7) is 2.82. The van der Waals surface area contributed by atoms with E-state index in [1.165, 1.54) is 0 Å². The maximum Gasteiger partial charge on any atom is 0.229 e. The summed E-state index contributed by atoms with van der Waals surface area (Å²) >= 11 is 0. The number of ketones is 1. The van der Waals surface area contributed by atoms with Gasteiger partial charge in [-0.2, -0.15) is 0 Å². The third-order valence-electron chi connectivity index (χ3n) is 7.58. The molecule has 6 rings (SSSR count). The van der Waals surface area contributed by atoms with E-state index in [4.69, 9.17) is 0 Å². The number of likely N-dealkylation sites (tertiary alicyclic amines) is 1. The molecule has 39 heavy (non-hydrogen) atoms. The fourth-order valence-corrected chi connectivity index (χ4v) is 5.65. The molecule has 2 amide bonds. The first-order valence-corrected chi connectivity index (χ1v) is 13.3. The van der Waals surface area contributed by atoms with Crippen LogP contribution in [0.2, 0.25) is 0 Å². The highest BCUT2D eigenvalue weighted by molar-refractivity contribution is 6.08. The lowest BCUT2D eigenvalue weighted by atomic mass is 10.0. The molecule has 9 heteroatoms. The van der Waals surface area contributed by atoms with Gasteiger partial charge in [0.05, 0.1) is 24.4 Å². The number of aromatic nitrogens is 4. The van der Waals surface area contributed by atoms with Gasteiger partial charge in [0.15, 0.2) is 0 Å². The summed E-state index contributed by atoms with van der Waals surface area (Å²) in [6, 6.07) is 22.9. The van der Waals surface area contributed by atoms with Crippen molar-refractivity contribution in [2.24, 2.45) is 5.92 Å². The highest BCUT2D eigenvalue weighted by Crippen LogP contribution is 2.31. The van der Waals surface area contributed by atoms with Gasteiger partial charge >= 0.3 is 0 Å². The molecule has 2 unspecified atom stereocenters. The van der Waals surface area contributed by atoms with Crippen LogP contribution in [0.1, 0.15) is 51.8 Å². The molecular formula is C30H30N6O3. The van der Waals surface area contributed by atoms with E-state index in [1.54, 1.807) is 16.8 Å². The van der Waals surface area contributed by atoms with Gasteiger partial charge in [-0.05, 0) is 24.1 Å². The van der Waals surface area contributed by atoms with Crippen LogP contribution in [0.3, 0.4) is 0 Å². The quantitative estimate of drug-likeness (QED) is 0.340. The average Bonchev–Trinajstić information content (AvgIpc) is 3.74. The van der Waals surface area contributed by atoms with Crippen LogP contribution in [0.25, 0.3) is 0 Å². The summed E-state index contributed by atoms with van der Waals surface area (Å²) in [5.41, 5.74) is 3.91. The first-order chi connectivity index (χ1) is 19.0. The second-order valence-electron chi connectivity index (χ2n) is 10.3. The van der Waals surface area contributed by atoms with Crippen LogP contribution in [0.15, 0.2) is 79.0 Å². The zero-order valence-corrected chi connectivity index (χ0v) is 21.6. The van der Waals surface area contributed by atoms with Crippen LogP contribution in [0.4, 0.5) is 0 Å². The SMILES string of the molecule is O=C(c1ccccc1)c1ccc2n1CCC2C(=O)NCc1cn(CC2CC(=O)N(Cc3ccccc3)C2)nn1. The number of hydrogen-bond acceptors (Lipinski definition) is 5. The van der Waals surface area contributed by atoms with Crippen molar-refractivity contribution < 1.29 is 14.4 Å². The molecular weight excluding hydrogens is 492 g/mol. The molecule has 0 bridgehead atoms. The Hall–Kier alpha value is -4.53. The molecule has 1 saturated heterocycles. The molecule has 9 nitrogen and oxygen atoms in total. The number of carbonyl (C=O) groups is 3. The maximum absolute atomic E-state index is 13.0. The number of amides is 2. The van der Waals surface area contributed by atoms with Gasteiger partial charge in [-0.25, -0.2) is 0 Å². The molecule has 2 aliphatic heterocycles. The van der Waals surface area contributed by atoms with Gasteiger partial charge in [0, 0.05) is 49.8 Å². The molecule has 2 aromatic carbocycles. The lowest BCUT2D eigenvalue weighted by Crippen LogP contribution is -2.28. The molecule has 1 fully saturated rings. The first-order valence-electron chi connectivity index (χ1n) is 13.3. The second kappa shape index (κ2) is 10.7. The van der Waals surface area contributed by atoms with Crippen LogP contribution in [-0.2, 0) is 35.8 Å². The molecule has 4 aromatic rings. The normalized spacial score (nSPS) is 18.4. The van der Waals surface area contributed by atoms with E-state index in [2.05, 4.69) is 15.6 Å². The third kappa shape index (κ3) is 5.25. The third-order valence-corrected chi connectivity index (χ3v) is 7.58. The lowest BCUT2D eigenvalue weighted by Gasteiger charge is -2.16. The second-order valence-corrected chi connectivity index (χ2v) is 10.3. The maximum atomic E-state index is 13.0. The minimum atomic E-state index is -0.308. The van der Waals surface area contributed by atoms with Crippen LogP contribution in [-0.4, -0.2) is 48.6 Å². The number of benzene rings is 2. The summed E-state index contributed by atoms with van der Waals surface area (Å²) in [5.74, 6) is -0.0991. The number of rotatable bonds is 9. The lowest BCUT2D eigenvalue weighted by molar-refractivity contribution is -0.128. The zero-order valence-electron chi connectivity index (χ0n) is 21.6. The summed E-state index contributed by atoms with van der Waals surface area (Å²) in [5, 5.41) is 11.4. The largest absolute Gasteiger partial charge is 0.350 e. The Labute approximate surface area is 226 Å². The van der Waals surface area contributed by atoms with E-state index in [0.717, 1.165) is 11.3 Å². The van der Waals surface area contributed by atoms with Gasteiger partial charge in [0.1, 0.15) is 5.69 Å². The van der Waals surface area contributed by atoms with Crippen molar-refractivity contribution in [1.29, 1.82) is 0 Å². The van der Waals surface area contributed by atoms with Crippen molar-refractivity contribution in [2.45, 2.75) is 44.9 Å². The zero-order chi connectivity index (χ0) is 26.8. The molecule has 2 aromatic heterocycles. The van der Waals surface area contributed by atoms with Gasteiger partial charge in [0.25, 0.3) is 0 Å². The van der Waals surface area contributed by atoms with Crippen molar-refractivity contribution in [1.82, 2.24) is 29.8 Å². The van der Waals surface area contributed by atoms with Gasteiger partial charge in [-0.3, -0.25) is 19.1 Å². The molecule has 198 valence electrons. The minimum Gasteiger partial charge on any atom is -0.350 e. The van der Waals surface area contributed by atoms with Gasteiger partial charge in [-0.15, -0.1) is 5.10 Å². The van der Waals surface area contributed by atoms with Crippen LogP contribution in [0, 0.1) is 5.92 Å². The number of carbonyl (C=O) groups excluding carboxylic acids is 3. The molecule has 0 aliphatic carbocycles. The summed E-state index contributed by atoms with van der Waals surface area (Å²) in [4.78, 5) is 40.4. The fraction of sp³-hybridized carbons (Fsp3) is 0.300. The Kier molecular flexibility index (Phi) is 6.79. The Morgan fingerprint density at radius 3 is 2.54 bits per heavy atom. The summed E-state index contributed by atoms with van der Waals surface area (Å²) < 4.78 is 3.72. The van der Waals surface area contributed by atoms with E-state index < -0.39 is 0 Å². The molecule has 1 N–H and O–H groups in total. The predicted octanol–water partition coefficient (Wildman–Crippen LogP) is 3.16. The van der Waals surface area contributed by atoms with Crippen molar-refractivity contribution in [3.8, 4) is 0 Å². The van der Waals surface area contributed by atoms with Crippen molar-refractivity contribution in [3.63, 3.8) is 0 Å². The van der Waals surface area contributed by atoms with E-state index >= 15 is 0 Å². The molecule has 0 radical (unpaired) electrons. The van der Waals surface area contributed by atoms with Crippen molar-refractivity contribution in [3.05, 3.63) is 107 Å². The Balaban J connectivity index is 1.02. The van der Waals surface area contributed by atoms with Gasteiger partial charge in [-0.1, -0.05) is 65.9 Å². The molecule has 0 spiro atoms. The number of fused-ring (bicyclic) bond motifs is 1. The Bertz CT molecular complexity index is 1490. The molecule has 2 aliphatic rings. The molecule has 0 saturated carbocycles. The van der Waals surface area contributed by atoms with Gasteiger partial charge < -0.3 is 14.8 Å². The van der Waals surface area contributed by atoms with E-state index in [-0.39, 0.29) is 36.0 Å². The summed E-state index contributed by atoms with van der Waals surface area (Å²) in [6.07, 6.45) is 2.98. The molecule has 4 heterocycles. The van der Waals surface area contributed by atoms with Crippen LogP contribution in [0.5, 0.6) is 0 Å². The van der Waals surface area contributed by atoms with Crippen LogP contribution >= 0.6 is 0 Å². The highest BCUT2D eigenvalue weighted by atomic mass is 16.2. The predicted molar refractivity (Wildman–Crippen MR) is 143 cm³/mol. The van der Waals surface area contributed by atoms with Gasteiger partial charge in [0.2, 0.25) is 17.6 Å². The number of hydrogen-bond donors (Lipinski definition) is 1. The monoisotopic (exact) mass is 522 g/mol. The van der Waals surface area contributed by atoms with Crippen LogP contribution < -0.4 is 5.32 Å². The molecule has 2 atom stereocenters. The Morgan fingerprint density at radius 1 is 0.974 bits per heavy atom. The smallest absolute Gasteiger partial charge is 0.229 e. The Morgan fingerprint density at radius 2 is 1.74 bits per heavy atom. The summed E-state index contributed by atoms with van der Waals surface area (Å²) in [7, 11) is 0. The fourth-order valence-electron chi connectivity index (χ4n) is 5.65. The number of nitrogens with one attached hydrogen (secondary N) is 1. The highest BCUT2D eigenvalue weighted by Gasteiger charge is 2.32. The van der Waals surface area contributed by atoms with E-state index in [1.807, 2.05) is 76.3 Å². The van der Waals surface area contributed by atoms with E-state index in [0.29, 0.717) is 56.0 Å². The van der Waals surface area contributed by atoms with Crippen molar-refractivity contribution >= 4 is 17.6 Å². The average molecular weight is 523 g/mol. The van der Waals surface area contributed by atoms with Crippen molar-refractivity contribution in [2.75, 3.05) is 6.54 Å². The topological polar surface area (TPSA) is 102 Å². The van der Waals surface area contributed by atoms with E-state index in [9.17, 15) is 14.4 Å².